The minimum Gasteiger partial charge on any atom is -0.394 e. The molecule has 0 saturated carbocycles. The van der Waals surface area contributed by atoms with Crippen LogP contribution in [-0.2, 0) is 4.74 Å². The van der Waals surface area contributed by atoms with Gasteiger partial charge in [0.2, 0.25) is 0 Å². The van der Waals surface area contributed by atoms with Crippen LogP contribution < -0.4 is 4.90 Å². The molecule has 0 aliphatic carbocycles. The van der Waals surface area contributed by atoms with Gasteiger partial charge >= 0.3 is 0 Å². The van der Waals surface area contributed by atoms with Crippen LogP contribution in [0.25, 0.3) is 0 Å². The zero-order valence-electron chi connectivity index (χ0n) is 10.8. The Hall–Kier alpha value is -1.17. The molecular formula is C13H20N2O3. The summed E-state index contributed by atoms with van der Waals surface area (Å²) in [5.74, 6) is 0. The zero-order valence-corrected chi connectivity index (χ0v) is 10.8. The number of ether oxygens (including phenoxy) is 1. The van der Waals surface area contributed by atoms with Gasteiger partial charge in [0.05, 0.1) is 43.0 Å². The topological polar surface area (TPSA) is 65.8 Å². The number of nitrogens with zero attached hydrogens (tertiary/aromatic N) is 2. The number of anilines is 1. The van der Waals surface area contributed by atoms with Crippen LogP contribution in [0, 0.1) is 0 Å². The van der Waals surface area contributed by atoms with E-state index in [0.29, 0.717) is 18.8 Å². The van der Waals surface area contributed by atoms with E-state index >= 15 is 0 Å². The van der Waals surface area contributed by atoms with Crippen LogP contribution in [-0.4, -0.2) is 47.1 Å². The van der Waals surface area contributed by atoms with Gasteiger partial charge in [-0.2, -0.15) is 0 Å². The molecule has 1 aliphatic heterocycles. The van der Waals surface area contributed by atoms with E-state index in [1.54, 1.807) is 13.1 Å². The van der Waals surface area contributed by atoms with Crippen molar-refractivity contribution in [3.63, 3.8) is 0 Å². The molecule has 5 heteroatoms. The van der Waals surface area contributed by atoms with Crippen LogP contribution in [0.4, 0.5) is 5.69 Å². The maximum Gasteiger partial charge on any atom is 0.0981 e. The lowest BCUT2D eigenvalue weighted by Crippen LogP contribution is -2.49. The highest BCUT2D eigenvalue weighted by Gasteiger charge is 2.25. The van der Waals surface area contributed by atoms with Gasteiger partial charge in [0.15, 0.2) is 0 Å². The van der Waals surface area contributed by atoms with Crippen molar-refractivity contribution < 1.29 is 14.9 Å². The Labute approximate surface area is 107 Å². The van der Waals surface area contributed by atoms with E-state index < -0.39 is 6.10 Å². The number of aromatic nitrogens is 1. The van der Waals surface area contributed by atoms with Crippen LogP contribution in [0.1, 0.15) is 25.6 Å². The summed E-state index contributed by atoms with van der Waals surface area (Å²) in [5.41, 5.74) is 1.66. The van der Waals surface area contributed by atoms with Gasteiger partial charge in [0, 0.05) is 12.6 Å². The van der Waals surface area contributed by atoms with Gasteiger partial charge in [-0.25, -0.2) is 0 Å². The van der Waals surface area contributed by atoms with Crippen molar-refractivity contribution in [2.24, 2.45) is 0 Å². The van der Waals surface area contributed by atoms with E-state index in [2.05, 4.69) is 16.8 Å². The average Bonchev–Trinajstić information content (AvgIpc) is 2.39. The number of hydrogen-bond donors (Lipinski definition) is 2. The Balaban J connectivity index is 2.13. The molecular weight excluding hydrogens is 232 g/mol. The summed E-state index contributed by atoms with van der Waals surface area (Å²) in [4.78, 5) is 6.41. The summed E-state index contributed by atoms with van der Waals surface area (Å²) >= 11 is 0. The predicted molar refractivity (Wildman–Crippen MR) is 68.5 cm³/mol. The number of morpholine rings is 1. The minimum absolute atomic E-state index is 0.0302. The van der Waals surface area contributed by atoms with Crippen molar-refractivity contribution >= 4 is 5.69 Å². The maximum absolute atomic E-state index is 9.43. The Kier molecular flexibility index (Phi) is 4.16. The molecule has 1 aliphatic rings. The first-order valence-corrected chi connectivity index (χ1v) is 6.25. The third-order valence-corrected chi connectivity index (χ3v) is 3.24. The van der Waals surface area contributed by atoms with Crippen molar-refractivity contribution in [2.45, 2.75) is 32.1 Å². The van der Waals surface area contributed by atoms with E-state index in [9.17, 15) is 5.11 Å². The first kappa shape index (κ1) is 13.3. The smallest absolute Gasteiger partial charge is 0.0981 e. The Morgan fingerprint density at radius 3 is 2.89 bits per heavy atom. The van der Waals surface area contributed by atoms with Crippen LogP contribution in [0.2, 0.25) is 0 Å². The number of pyridine rings is 1. The van der Waals surface area contributed by atoms with E-state index in [1.807, 2.05) is 12.1 Å². The highest BCUT2D eigenvalue weighted by atomic mass is 16.5. The lowest BCUT2D eigenvalue weighted by atomic mass is 10.1. The summed E-state index contributed by atoms with van der Waals surface area (Å²) in [5, 5.41) is 18.6. The molecule has 0 radical (unpaired) electrons. The quantitative estimate of drug-likeness (QED) is 0.830. The number of aliphatic hydroxyl groups excluding tert-OH is 2. The lowest BCUT2D eigenvalue weighted by molar-refractivity contribution is -0.0103. The fraction of sp³-hybridized carbons (Fsp3) is 0.615. The Bertz CT molecular complexity index is 380. The molecule has 5 nitrogen and oxygen atoms in total. The summed E-state index contributed by atoms with van der Waals surface area (Å²) < 4.78 is 5.50. The van der Waals surface area contributed by atoms with Crippen molar-refractivity contribution in [2.75, 3.05) is 24.7 Å². The molecule has 1 aromatic rings. The van der Waals surface area contributed by atoms with Gasteiger partial charge in [-0.1, -0.05) is 0 Å². The Morgan fingerprint density at radius 1 is 1.56 bits per heavy atom. The molecule has 1 aromatic heterocycles. The SMILES string of the molecule is CC1COC(CO)CN1c1ccc([C@H](C)O)nc1. The summed E-state index contributed by atoms with van der Waals surface area (Å²) in [7, 11) is 0. The molecule has 0 amide bonds. The third-order valence-electron chi connectivity index (χ3n) is 3.24. The monoisotopic (exact) mass is 252 g/mol. The molecule has 18 heavy (non-hydrogen) atoms. The van der Waals surface area contributed by atoms with Gasteiger partial charge < -0.3 is 19.8 Å². The van der Waals surface area contributed by atoms with Gasteiger partial charge in [-0.3, -0.25) is 4.98 Å². The fourth-order valence-corrected chi connectivity index (χ4v) is 2.10. The van der Waals surface area contributed by atoms with Crippen molar-refractivity contribution in [3.8, 4) is 0 Å². The second-order valence-corrected chi connectivity index (χ2v) is 4.76. The molecule has 0 aromatic carbocycles. The largest absolute Gasteiger partial charge is 0.394 e. The normalized spacial score (nSPS) is 26.1. The molecule has 1 fully saturated rings. The minimum atomic E-state index is -0.550. The number of aliphatic hydroxyl groups is 2. The van der Waals surface area contributed by atoms with E-state index in [4.69, 9.17) is 9.84 Å². The van der Waals surface area contributed by atoms with Gasteiger partial charge in [0.1, 0.15) is 0 Å². The first-order chi connectivity index (χ1) is 8.61. The summed E-state index contributed by atoms with van der Waals surface area (Å²) in [6.07, 6.45) is 1.07. The molecule has 2 N–H and O–H groups in total. The lowest BCUT2D eigenvalue weighted by Gasteiger charge is -2.38. The number of hydrogen-bond acceptors (Lipinski definition) is 5. The van der Waals surface area contributed by atoms with E-state index in [1.165, 1.54) is 0 Å². The molecule has 2 heterocycles. The molecule has 100 valence electrons. The van der Waals surface area contributed by atoms with Gasteiger partial charge in [-0.05, 0) is 26.0 Å². The zero-order chi connectivity index (χ0) is 13.1. The Morgan fingerprint density at radius 2 is 2.33 bits per heavy atom. The van der Waals surface area contributed by atoms with Gasteiger partial charge in [-0.15, -0.1) is 0 Å². The van der Waals surface area contributed by atoms with Crippen molar-refractivity contribution in [1.82, 2.24) is 4.98 Å². The summed E-state index contributed by atoms with van der Waals surface area (Å²) in [6, 6.07) is 4.04. The van der Waals surface area contributed by atoms with E-state index in [-0.39, 0.29) is 18.8 Å². The average molecular weight is 252 g/mol. The summed E-state index contributed by atoms with van der Waals surface area (Å²) in [6.45, 7) is 5.07. The highest BCUT2D eigenvalue weighted by Crippen LogP contribution is 2.22. The predicted octanol–water partition coefficient (Wildman–Crippen LogP) is 0.721. The van der Waals surface area contributed by atoms with Crippen LogP contribution in [0.15, 0.2) is 18.3 Å². The number of rotatable bonds is 3. The maximum atomic E-state index is 9.43. The second kappa shape index (κ2) is 5.65. The standard InChI is InChI=1S/C13H20N2O3/c1-9-8-18-12(7-16)6-15(9)11-3-4-13(10(2)17)14-5-11/h3-5,9-10,12,16-17H,6-8H2,1-2H3/t9?,10-,12?/m0/s1. The van der Waals surface area contributed by atoms with Crippen LogP contribution in [0.3, 0.4) is 0 Å². The molecule has 0 bridgehead atoms. The van der Waals surface area contributed by atoms with Crippen molar-refractivity contribution in [1.29, 1.82) is 0 Å². The molecule has 1 saturated heterocycles. The third kappa shape index (κ3) is 2.80. The highest BCUT2D eigenvalue weighted by molar-refractivity contribution is 5.46. The first-order valence-electron chi connectivity index (χ1n) is 6.25. The van der Waals surface area contributed by atoms with Crippen molar-refractivity contribution in [3.05, 3.63) is 24.0 Å². The molecule has 2 unspecified atom stereocenters. The van der Waals surface area contributed by atoms with Crippen LogP contribution >= 0.6 is 0 Å². The second-order valence-electron chi connectivity index (χ2n) is 4.76. The fourth-order valence-electron chi connectivity index (χ4n) is 2.10. The molecule has 0 spiro atoms. The molecule has 3 atom stereocenters. The van der Waals surface area contributed by atoms with E-state index in [0.717, 1.165) is 5.69 Å². The van der Waals surface area contributed by atoms with Crippen LogP contribution in [0.5, 0.6) is 0 Å². The van der Waals surface area contributed by atoms with Gasteiger partial charge in [0.25, 0.3) is 0 Å². The molecule has 2 rings (SSSR count).